The molecule has 18 heavy (non-hydrogen) atoms. The van der Waals surface area contributed by atoms with Crippen LogP contribution in [0.25, 0.3) is 0 Å². The van der Waals surface area contributed by atoms with Gasteiger partial charge < -0.3 is 9.67 Å². The summed E-state index contributed by atoms with van der Waals surface area (Å²) in [5, 5.41) is 17.2. The second kappa shape index (κ2) is 4.47. The van der Waals surface area contributed by atoms with Gasteiger partial charge in [-0.3, -0.25) is 0 Å². The van der Waals surface area contributed by atoms with Gasteiger partial charge in [0.2, 0.25) is 0 Å². The monoisotopic (exact) mass is 336 g/mol. The van der Waals surface area contributed by atoms with Crippen molar-refractivity contribution < 1.29 is 31.4 Å². The molecule has 0 radical (unpaired) electrons. The van der Waals surface area contributed by atoms with Crippen LogP contribution in [0.3, 0.4) is 0 Å². The number of aromatic nitrogens is 1. The Hall–Kier alpha value is -1.21. The molecule has 0 bridgehead atoms. The third kappa shape index (κ3) is 2.32. The highest BCUT2D eigenvalue weighted by atomic mass is 79.9. The zero-order chi connectivity index (χ0) is 14.3. The van der Waals surface area contributed by atoms with Crippen molar-refractivity contribution >= 4 is 15.9 Å². The zero-order valence-electron chi connectivity index (χ0n) is 8.19. The van der Waals surface area contributed by atoms with E-state index in [0.29, 0.717) is 0 Å². The number of hydrogen-bond acceptors (Lipinski definition) is 2. The highest BCUT2D eigenvalue weighted by molar-refractivity contribution is 9.10. The largest absolute Gasteiger partial charge is 0.432 e. The Morgan fingerprint density at radius 1 is 1.17 bits per heavy atom. The van der Waals surface area contributed by atoms with Crippen LogP contribution in [-0.4, -0.2) is 9.67 Å². The van der Waals surface area contributed by atoms with E-state index in [4.69, 9.17) is 10.4 Å². The second-order valence-electron chi connectivity index (χ2n) is 3.06. The van der Waals surface area contributed by atoms with Crippen LogP contribution >= 0.6 is 15.9 Å². The third-order valence-corrected chi connectivity index (χ3v) is 2.78. The van der Waals surface area contributed by atoms with Crippen molar-refractivity contribution in [2.75, 3.05) is 0 Å². The molecule has 0 saturated carbocycles. The molecule has 3 nitrogen and oxygen atoms in total. The molecule has 0 fully saturated rings. The van der Waals surface area contributed by atoms with E-state index in [1.807, 2.05) is 0 Å². The van der Waals surface area contributed by atoms with Crippen LogP contribution < -0.4 is 0 Å². The number of aliphatic hydroxyl groups is 1. The lowest BCUT2D eigenvalue weighted by atomic mass is 10.2. The summed E-state index contributed by atoms with van der Waals surface area (Å²) >= 11 is 2.18. The van der Waals surface area contributed by atoms with Gasteiger partial charge in [0.05, 0.1) is 4.47 Å². The van der Waals surface area contributed by atoms with E-state index in [-0.39, 0.29) is 4.57 Å². The number of nitrogens with zero attached hydrogens (tertiary/aromatic N) is 2. The van der Waals surface area contributed by atoms with E-state index < -0.39 is 40.5 Å². The molecule has 0 aliphatic carbocycles. The number of nitriles is 1. The Labute approximate surface area is 104 Å². The topological polar surface area (TPSA) is 49.0 Å². The van der Waals surface area contributed by atoms with Crippen LogP contribution in [0.5, 0.6) is 0 Å². The van der Waals surface area contributed by atoms with Crippen molar-refractivity contribution in [3.63, 3.8) is 0 Å². The standard InChI is InChI=1S/C8H3BrF6N2O/c9-5-4(7(10,11)12)3(1-16)17(2-18)6(5)8(13,14)15/h18H,2H2. The fourth-order valence-electron chi connectivity index (χ4n) is 1.38. The Morgan fingerprint density at radius 3 is 1.94 bits per heavy atom. The molecule has 0 aromatic carbocycles. The van der Waals surface area contributed by atoms with E-state index in [1.165, 1.54) is 0 Å². The normalized spacial score (nSPS) is 12.6. The van der Waals surface area contributed by atoms with E-state index in [2.05, 4.69) is 15.9 Å². The molecule has 1 aromatic rings. The van der Waals surface area contributed by atoms with Gasteiger partial charge in [-0.05, 0) is 15.9 Å². The number of halogens is 7. The van der Waals surface area contributed by atoms with Gasteiger partial charge in [0, 0.05) is 0 Å². The van der Waals surface area contributed by atoms with Crippen molar-refractivity contribution in [2.24, 2.45) is 0 Å². The molecule has 100 valence electrons. The molecule has 0 saturated heterocycles. The van der Waals surface area contributed by atoms with E-state index in [0.717, 1.165) is 6.07 Å². The van der Waals surface area contributed by atoms with Gasteiger partial charge >= 0.3 is 12.4 Å². The van der Waals surface area contributed by atoms with E-state index >= 15 is 0 Å². The first-order valence-electron chi connectivity index (χ1n) is 4.13. The molecule has 1 N–H and O–H groups in total. The molecule has 1 heterocycles. The van der Waals surface area contributed by atoms with Gasteiger partial charge in [0.1, 0.15) is 29.8 Å². The molecular weight excluding hydrogens is 334 g/mol. The summed E-state index contributed by atoms with van der Waals surface area (Å²) in [6.45, 7) is -1.40. The molecular formula is C8H3BrF6N2O. The summed E-state index contributed by atoms with van der Waals surface area (Å²) in [6, 6.07) is 1.01. The maximum absolute atomic E-state index is 12.6. The van der Waals surface area contributed by atoms with Crippen molar-refractivity contribution in [2.45, 2.75) is 19.1 Å². The molecule has 0 aliphatic rings. The van der Waals surface area contributed by atoms with E-state index in [1.54, 1.807) is 0 Å². The van der Waals surface area contributed by atoms with E-state index in [9.17, 15) is 26.3 Å². The maximum atomic E-state index is 12.6. The van der Waals surface area contributed by atoms with Crippen LogP contribution in [0.15, 0.2) is 4.47 Å². The van der Waals surface area contributed by atoms with Gasteiger partial charge in [0.25, 0.3) is 0 Å². The zero-order valence-corrected chi connectivity index (χ0v) is 9.78. The summed E-state index contributed by atoms with van der Waals surface area (Å²) in [4.78, 5) is 0. The molecule has 0 aliphatic heterocycles. The Morgan fingerprint density at radius 2 is 1.67 bits per heavy atom. The average Bonchev–Trinajstić information content (AvgIpc) is 2.48. The summed E-state index contributed by atoms with van der Waals surface area (Å²) in [5.41, 5.74) is -4.82. The lowest BCUT2D eigenvalue weighted by Gasteiger charge is -2.10. The highest BCUT2D eigenvalue weighted by Crippen LogP contribution is 2.45. The predicted molar refractivity (Wildman–Crippen MR) is 49.1 cm³/mol. The number of aliphatic hydroxyl groups excluding tert-OH is 1. The fraction of sp³-hybridized carbons (Fsp3) is 0.375. The Bertz CT molecular complexity index is 510. The lowest BCUT2D eigenvalue weighted by Crippen LogP contribution is -2.15. The number of alkyl halides is 6. The average molecular weight is 337 g/mol. The minimum Gasteiger partial charge on any atom is -0.376 e. The van der Waals surface area contributed by atoms with Crippen LogP contribution in [0.1, 0.15) is 17.0 Å². The quantitative estimate of drug-likeness (QED) is 0.801. The smallest absolute Gasteiger partial charge is 0.376 e. The second-order valence-corrected chi connectivity index (χ2v) is 3.86. The Kier molecular flexibility index (Phi) is 3.69. The van der Waals surface area contributed by atoms with Crippen LogP contribution in [0.2, 0.25) is 0 Å². The summed E-state index contributed by atoms with van der Waals surface area (Å²) in [5.74, 6) is 0. The predicted octanol–water partition coefficient (Wildman–Crippen LogP) is 3.11. The summed E-state index contributed by atoms with van der Waals surface area (Å²) in [6.07, 6.45) is -10.3. The van der Waals surface area contributed by atoms with Crippen LogP contribution in [0.4, 0.5) is 26.3 Å². The molecule has 0 spiro atoms. The maximum Gasteiger partial charge on any atom is 0.432 e. The van der Waals surface area contributed by atoms with Gasteiger partial charge in [-0.25, -0.2) is 0 Å². The highest BCUT2D eigenvalue weighted by Gasteiger charge is 2.47. The van der Waals surface area contributed by atoms with Gasteiger partial charge in [-0.1, -0.05) is 0 Å². The first kappa shape index (κ1) is 14.8. The van der Waals surface area contributed by atoms with Crippen LogP contribution in [0, 0.1) is 11.3 Å². The van der Waals surface area contributed by atoms with Crippen molar-refractivity contribution in [3.05, 3.63) is 21.4 Å². The minimum atomic E-state index is -5.15. The number of rotatable bonds is 1. The van der Waals surface area contributed by atoms with Crippen molar-refractivity contribution in [1.82, 2.24) is 4.57 Å². The summed E-state index contributed by atoms with van der Waals surface area (Å²) < 4.78 is 74.0. The first-order chi connectivity index (χ1) is 8.05. The molecule has 0 atom stereocenters. The van der Waals surface area contributed by atoms with Gasteiger partial charge in [-0.15, -0.1) is 0 Å². The SMILES string of the molecule is N#Cc1c(C(F)(F)F)c(Br)c(C(F)(F)F)n1CO. The molecule has 1 rings (SSSR count). The van der Waals surface area contributed by atoms with Gasteiger partial charge in [0.15, 0.2) is 0 Å². The first-order valence-corrected chi connectivity index (χ1v) is 4.92. The van der Waals surface area contributed by atoms with Crippen molar-refractivity contribution in [1.29, 1.82) is 5.26 Å². The lowest BCUT2D eigenvalue weighted by molar-refractivity contribution is -0.146. The fourth-order valence-corrected chi connectivity index (χ4v) is 2.23. The van der Waals surface area contributed by atoms with Crippen LogP contribution in [-0.2, 0) is 19.1 Å². The van der Waals surface area contributed by atoms with Crippen molar-refractivity contribution in [3.8, 4) is 6.07 Å². The molecule has 0 amide bonds. The molecule has 1 aromatic heterocycles. The third-order valence-electron chi connectivity index (χ3n) is 2.00. The summed E-state index contributed by atoms with van der Waals surface area (Å²) in [7, 11) is 0. The van der Waals surface area contributed by atoms with Gasteiger partial charge in [-0.2, -0.15) is 31.6 Å². The molecule has 0 unspecified atom stereocenters. The minimum absolute atomic E-state index is 0.146. The Balaban J connectivity index is 3.78. The number of hydrogen-bond donors (Lipinski definition) is 1. The molecule has 10 heteroatoms.